The molecule has 0 saturated carbocycles. The van der Waals surface area contributed by atoms with Crippen LogP contribution in [0.3, 0.4) is 0 Å². The number of fused-ring (bicyclic) bond motifs is 2. The van der Waals surface area contributed by atoms with E-state index in [0.29, 0.717) is 23.3 Å². The maximum absolute atomic E-state index is 12.9. The van der Waals surface area contributed by atoms with Crippen LogP contribution in [-0.4, -0.2) is 14.5 Å². The molecule has 0 unspecified atom stereocenters. The fraction of sp³-hybridized carbons (Fsp3) is 0.150. The van der Waals surface area contributed by atoms with Crippen molar-refractivity contribution in [2.24, 2.45) is 0 Å². The van der Waals surface area contributed by atoms with Crippen LogP contribution in [0.2, 0.25) is 0 Å². The first kappa shape index (κ1) is 14.6. The van der Waals surface area contributed by atoms with Crippen molar-refractivity contribution in [3.05, 3.63) is 71.0 Å². The first-order valence-electron chi connectivity index (χ1n) is 8.13. The molecule has 2 aromatic carbocycles. The molecular formula is C20H17N3O. The zero-order valence-corrected chi connectivity index (χ0v) is 13.4. The molecule has 4 heteroatoms. The second-order valence-corrected chi connectivity index (χ2v) is 5.80. The minimum atomic E-state index is -0.00703. The maximum Gasteiger partial charge on any atom is 0.261 e. The molecule has 0 atom stereocenters. The minimum Gasteiger partial charge on any atom is -0.291 e. The normalized spacial score (nSPS) is 11.2. The number of pyridine rings is 1. The van der Waals surface area contributed by atoms with E-state index in [0.717, 1.165) is 23.0 Å². The molecule has 2 aromatic heterocycles. The molecule has 0 aliphatic carbocycles. The summed E-state index contributed by atoms with van der Waals surface area (Å²) in [5.41, 5.74) is 2.33. The van der Waals surface area contributed by atoms with Gasteiger partial charge >= 0.3 is 0 Å². The van der Waals surface area contributed by atoms with Gasteiger partial charge in [0.15, 0.2) is 5.82 Å². The van der Waals surface area contributed by atoms with Gasteiger partial charge in [0.25, 0.3) is 5.56 Å². The molecule has 0 amide bonds. The van der Waals surface area contributed by atoms with E-state index in [2.05, 4.69) is 6.92 Å². The monoisotopic (exact) mass is 315 g/mol. The predicted octanol–water partition coefficient (Wildman–Crippen LogP) is 4.02. The van der Waals surface area contributed by atoms with Crippen molar-refractivity contribution in [2.75, 3.05) is 0 Å². The second-order valence-electron chi connectivity index (χ2n) is 5.80. The number of benzene rings is 2. The fourth-order valence-electron chi connectivity index (χ4n) is 2.99. The lowest BCUT2D eigenvalue weighted by atomic mass is 10.2. The third-order valence-electron chi connectivity index (χ3n) is 4.14. The van der Waals surface area contributed by atoms with Gasteiger partial charge in [0, 0.05) is 11.9 Å². The van der Waals surface area contributed by atoms with Crippen LogP contribution < -0.4 is 5.56 Å². The minimum absolute atomic E-state index is 0.00703. The van der Waals surface area contributed by atoms with Gasteiger partial charge in [0.1, 0.15) is 5.69 Å². The Morgan fingerprint density at radius 1 is 0.875 bits per heavy atom. The third-order valence-corrected chi connectivity index (χ3v) is 4.14. The van der Waals surface area contributed by atoms with E-state index in [1.807, 2.05) is 60.7 Å². The van der Waals surface area contributed by atoms with Crippen molar-refractivity contribution in [3.63, 3.8) is 0 Å². The third kappa shape index (κ3) is 2.36. The molecule has 0 fully saturated rings. The van der Waals surface area contributed by atoms with Gasteiger partial charge in [-0.25, -0.2) is 9.97 Å². The summed E-state index contributed by atoms with van der Waals surface area (Å²) in [7, 11) is 0. The average Bonchev–Trinajstić information content (AvgIpc) is 2.63. The lowest BCUT2D eigenvalue weighted by molar-refractivity contribution is 0.655. The van der Waals surface area contributed by atoms with E-state index < -0.39 is 0 Å². The Hall–Kier alpha value is -3.01. The van der Waals surface area contributed by atoms with Gasteiger partial charge in [-0.05, 0) is 30.7 Å². The van der Waals surface area contributed by atoms with E-state index in [9.17, 15) is 4.79 Å². The highest BCUT2D eigenvalue weighted by molar-refractivity contribution is 5.82. The lowest BCUT2D eigenvalue weighted by Gasteiger charge is -2.12. The molecule has 2 heterocycles. The van der Waals surface area contributed by atoms with Crippen LogP contribution in [0.15, 0.2) is 65.5 Å². The van der Waals surface area contributed by atoms with E-state index in [4.69, 9.17) is 9.97 Å². The summed E-state index contributed by atoms with van der Waals surface area (Å²) in [6, 6.07) is 19.4. The van der Waals surface area contributed by atoms with Crippen molar-refractivity contribution in [1.29, 1.82) is 0 Å². The van der Waals surface area contributed by atoms with Crippen LogP contribution in [0.4, 0.5) is 0 Å². The Balaban J connectivity index is 2.03. The van der Waals surface area contributed by atoms with E-state index in [1.165, 1.54) is 0 Å². The zero-order valence-electron chi connectivity index (χ0n) is 13.4. The summed E-state index contributed by atoms with van der Waals surface area (Å²) < 4.78 is 1.74. The molecule has 0 spiro atoms. The van der Waals surface area contributed by atoms with Crippen molar-refractivity contribution in [1.82, 2.24) is 14.5 Å². The van der Waals surface area contributed by atoms with Crippen molar-refractivity contribution in [2.45, 2.75) is 19.9 Å². The standard InChI is InChI=1S/C20H17N3O/c1-2-13-23-19(22-17-10-6-4-8-15(17)20(23)24)18-12-11-14-7-3-5-9-16(14)21-18/h3-12H,2,13H2,1H3. The molecule has 0 N–H and O–H groups in total. The summed E-state index contributed by atoms with van der Waals surface area (Å²) in [4.78, 5) is 22.3. The Morgan fingerprint density at radius 2 is 1.62 bits per heavy atom. The van der Waals surface area contributed by atoms with Crippen molar-refractivity contribution >= 4 is 21.8 Å². The van der Waals surface area contributed by atoms with Crippen LogP contribution in [0.1, 0.15) is 13.3 Å². The highest BCUT2D eigenvalue weighted by atomic mass is 16.1. The van der Waals surface area contributed by atoms with Gasteiger partial charge in [-0.2, -0.15) is 0 Å². The molecule has 4 rings (SSSR count). The number of nitrogens with zero attached hydrogens (tertiary/aromatic N) is 3. The molecule has 0 bridgehead atoms. The van der Waals surface area contributed by atoms with Crippen LogP contribution in [0, 0.1) is 0 Å². The highest BCUT2D eigenvalue weighted by Crippen LogP contribution is 2.21. The SMILES string of the molecule is CCCn1c(-c2ccc3ccccc3n2)nc2ccccc2c1=O. The smallest absolute Gasteiger partial charge is 0.261 e. The fourth-order valence-corrected chi connectivity index (χ4v) is 2.99. The summed E-state index contributed by atoms with van der Waals surface area (Å²) >= 11 is 0. The van der Waals surface area contributed by atoms with Crippen LogP contribution >= 0.6 is 0 Å². The first-order valence-corrected chi connectivity index (χ1v) is 8.13. The first-order chi connectivity index (χ1) is 11.8. The number of rotatable bonds is 3. The average molecular weight is 315 g/mol. The second kappa shape index (κ2) is 5.89. The summed E-state index contributed by atoms with van der Waals surface area (Å²) in [5.74, 6) is 0.631. The molecule has 0 saturated heterocycles. The summed E-state index contributed by atoms with van der Waals surface area (Å²) in [5, 5.41) is 1.72. The highest BCUT2D eigenvalue weighted by Gasteiger charge is 2.13. The van der Waals surface area contributed by atoms with Crippen molar-refractivity contribution in [3.8, 4) is 11.5 Å². The van der Waals surface area contributed by atoms with Gasteiger partial charge in [-0.3, -0.25) is 9.36 Å². The topological polar surface area (TPSA) is 47.8 Å². The molecule has 0 aliphatic rings. The van der Waals surface area contributed by atoms with Crippen LogP contribution in [-0.2, 0) is 6.54 Å². The van der Waals surface area contributed by atoms with Crippen LogP contribution in [0.5, 0.6) is 0 Å². The van der Waals surface area contributed by atoms with E-state index in [-0.39, 0.29) is 5.56 Å². The number of hydrogen-bond acceptors (Lipinski definition) is 3. The van der Waals surface area contributed by atoms with Gasteiger partial charge in [-0.15, -0.1) is 0 Å². The van der Waals surface area contributed by atoms with Gasteiger partial charge in [0.05, 0.1) is 16.4 Å². The molecule has 24 heavy (non-hydrogen) atoms. The number of para-hydroxylation sites is 2. The predicted molar refractivity (Wildman–Crippen MR) is 97.0 cm³/mol. The summed E-state index contributed by atoms with van der Waals surface area (Å²) in [6.45, 7) is 2.68. The lowest BCUT2D eigenvalue weighted by Crippen LogP contribution is -2.23. The molecule has 4 nitrogen and oxygen atoms in total. The number of aromatic nitrogens is 3. The summed E-state index contributed by atoms with van der Waals surface area (Å²) in [6.07, 6.45) is 0.862. The Bertz CT molecular complexity index is 1100. The Kier molecular flexibility index (Phi) is 3.58. The molecule has 0 aliphatic heterocycles. The Labute approximate surface area is 139 Å². The van der Waals surface area contributed by atoms with Gasteiger partial charge in [-0.1, -0.05) is 43.3 Å². The molecular weight excluding hydrogens is 298 g/mol. The largest absolute Gasteiger partial charge is 0.291 e. The zero-order chi connectivity index (χ0) is 16.5. The maximum atomic E-state index is 12.9. The quantitative estimate of drug-likeness (QED) is 0.573. The van der Waals surface area contributed by atoms with Crippen molar-refractivity contribution < 1.29 is 0 Å². The number of hydrogen-bond donors (Lipinski definition) is 0. The molecule has 0 radical (unpaired) electrons. The van der Waals surface area contributed by atoms with Crippen LogP contribution in [0.25, 0.3) is 33.3 Å². The van der Waals surface area contributed by atoms with E-state index in [1.54, 1.807) is 4.57 Å². The van der Waals surface area contributed by atoms with E-state index >= 15 is 0 Å². The molecule has 118 valence electrons. The molecule has 4 aromatic rings. The Morgan fingerprint density at radius 3 is 2.46 bits per heavy atom. The van der Waals surface area contributed by atoms with Gasteiger partial charge in [0.2, 0.25) is 0 Å². The van der Waals surface area contributed by atoms with Gasteiger partial charge < -0.3 is 0 Å².